The fourth-order valence-electron chi connectivity index (χ4n) is 4.25. The minimum absolute atomic E-state index is 0.0759. The summed E-state index contributed by atoms with van der Waals surface area (Å²) >= 11 is 0. The summed E-state index contributed by atoms with van der Waals surface area (Å²) in [5, 5.41) is 2.11. The summed E-state index contributed by atoms with van der Waals surface area (Å²) in [4.78, 5) is 24.5. The summed E-state index contributed by atoms with van der Waals surface area (Å²) in [7, 11) is 0. The Morgan fingerprint density at radius 2 is 1.79 bits per heavy atom. The Kier molecular flexibility index (Phi) is 6.71. The maximum Gasteiger partial charge on any atom is 0.344 e. The zero-order valence-corrected chi connectivity index (χ0v) is 17.0. The van der Waals surface area contributed by atoms with Gasteiger partial charge in [-0.1, -0.05) is 69.7 Å². The van der Waals surface area contributed by atoms with Gasteiger partial charge in [0.15, 0.2) is 6.61 Å². The quantitative estimate of drug-likeness (QED) is 0.665. The summed E-state index contributed by atoms with van der Waals surface area (Å²) < 4.78 is 10.9. The lowest BCUT2D eigenvalue weighted by Crippen LogP contribution is -2.36. The molecular formula is C24H30O4. The molecule has 0 amide bonds. The molecule has 4 heteroatoms. The zero-order chi connectivity index (χ0) is 20.1. The monoisotopic (exact) mass is 382 g/mol. The second-order valence-electron chi connectivity index (χ2n) is 8.33. The SMILES string of the molecule is CC(C)[C@H]1CC[C@@H](C)C[C@@H]1OC(=O)COC(=O)Cc1cccc2ccccc12. The summed E-state index contributed by atoms with van der Waals surface area (Å²) in [5.74, 6) is 0.550. The highest BCUT2D eigenvalue weighted by Crippen LogP contribution is 2.35. The molecule has 28 heavy (non-hydrogen) atoms. The molecule has 1 fully saturated rings. The maximum absolute atomic E-state index is 12.3. The molecular weight excluding hydrogens is 352 g/mol. The van der Waals surface area contributed by atoms with Crippen LogP contribution in [0.2, 0.25) is 0 Å². The molecule has 0 saturated heterocycles. The number of rotatable bonds is 6. The number of fused-ring (bicyclic) bond motifs is 1. The van der Waals surface area contributed by atoms with E-state index in [0.717, 1.165) is 29.2 Å². The molecule has 1 aliphatic carbocycles. The van der Waals surface area contributed by atoms with Gasteiger partial charge in [-0.05, 0) is 46.9 Å². The predicted octanol–water partition coefficient (Wildman–Crippen LogP) is 4.93. The Balaban J connectivity index is 1.53. The number of carbonyl (C=O) groups is 2. The third kappa shape index (κ3) is 5.12. The van der Waals surface area contributed by atoms with E-state index in [1.165, 1.54) is 6.42 Å². The van der Waals surface area contributed by atoms with Crippen molar-refractivity contribution < 1.29 is 19.1 Å². The lowest BCUT2D eigenvalue weighted by molar-refractivity contribution is -0.166. The first-order valence-electron chi connectivity index (χ1n) is 10.3. The Labute approximate surface area is 167 Å². The predicted molar refractivity (Wildman–Crippen MR) is 110 cm³/mol. The van der Waals surface area contributed by atoms with E-state index in [0.29, 0.717) is 17.8 Å². The number of ether oxygens (including phenoxy) is 2. The number of esters is 2. The molecule has 2 aromatic rings. The van der Waals surface area contributed by atoms with Crippen LogP contribution in [0, 0.1) is 17.8 Å². The van der Waals surface area contributed by atoms with Crippen LogP contribution in [0.4, 0.5) is 0 Å². The second-order valence-corrected chi connectivity index (χ2v) is 8.33. The van der Waals surface area contributed by atoms with Gasteiger partial charge in [-0.25, -0.2) is 4.79 Å². The van der Waals surface area contributed by atoms with Crippen molar-refractivity contribution in [3.05, 3.63) is 48.0 Å². The number of benzene rings is 2. The van der Waals surface area contributed by atoms with Crippen molar-refractivity contribution >= 4 is 22.7 Å². The molecule has 1 aliphatic rings. The highest BCUT2D eigenvalue weighted by atomic mass is 16.6. The van der Waals surface area contributed by atoms with E-state index in [1.54, 1.807) is 0 Å². The molecule has 2 aromatic carbocycles. The summed E-state index contributed by atoms with van der Waals surface area (Å²) in [5.41, 5.74) is 0.900. The van der Waals surface area contributed by atoms with Crippen molar-refractivity contribution in [2.24, 2.45) is 17.8 Å². The molecule has 3 atom stereocenters. The number of hydrogen-bond donors (Lipinski definition) is 0. The minimum atomic E-state index is -0.448. The van der Waals surface area contributed by atoms with E-state index >= 15 is 0 Å². The van der Waals surface area contributed by atoms with Gasteiger partial charge in [-0.15, -0.1) is 0 Å². The average molecular weight is 383 g/mol. The van der Waals surface area contributed by atoms with Gasteiger partial charge in [0.2, 0.25) is 0 Å². The van der Waals surface area contributed by atoms with Crippen LogP contribution >= 0.6 is 0 Å². The largest absolute Gasteiger partial charge is 0.460 e. The Hall–Kier alpha value is -2.36. The van der Waals surface area contributed by atoms with Crippen LogP contribution < -0.4 is 0 Å². The van der Waals surface area contributed by atoms with Crippen LogP contribution in [-0.2, 0) is 25.5 Å². The van der Waals surface area contributed by atoms with E-state index in [-0.39, 0.29) is 19.1 Å². The smallest absolute Gasteiger partial charge is 0.344 e. The molecule has 150 valence electrons. The summed E-state index contributed by atoms with van der Waals surface area (Å²) in [6.07, 6.45) is 3.21. The molecule has 0 N–H and O–H groups in total. The van der Waals surface area contributed by atoms with Gasteiger partial charge in [-0.3, -0.25) is 4.79 Å². The van der Waals surface area contributed by atoms with Crippen molar-refractivity contribution in [2.75, 3.05) is 6.61 Å². The Morgan fingerprint density at radius 3 is 2.57 bits per heavy atom. The number of hydrogen-bond acceptors (Lipinski definition) is 4. The van der Waals surface area contributed by atoms with Gasteiger partial charge in [0.05, 0.1) is 6.42 Å². The van der Waals surface area contributed by atoms with E-state index in [2.05, 4.69) is 20.8 Å². The fourth-order valence-corrected chi connectivity index (χ4v) is 4.25. The Bertz CT molecular complexity index is 821. The van der Waals surface area contributed by atoms with Gasteiger partial charge < -0.3 is 9.47 Å². The van der Waals surface area contributed by atoms with Crippen molar-refractivity contribution in [2.45, 2.75) is 52.6 Å². The molecule has 0 spiro atoms. The van der Waals surface area contributed by atoms with Gasteiger partial charge in [0.1, 0.15) is 6.10 Å². The van der Waals surface area contributed by atoms with E-state index in [1.807, 2.05) is 42.5 Å². The third-order valence-electron chi connectivity index (χ3n) is 5.81. The van der Waals surface area contributed by atoms with Gasteiger partial charge in [0, 0.05) is 0 Å². The van der Waals surface area contributed by atoms with E-state index in [9.17, 15) is 9.59 Å². The van der Waals surface area contributed by atoms with Crippen LogP contribution in [0.1, 0.15) is 45.6 Å². The highest BCUT2D eigenvalue weighted by Gasteiger charge is 2.33. The summed E-state index contributed by atoms with van der Waals surface area (Å²) in [6.45, 7) is 6.22. The molecule has 0 unspecified atom stereocenters. The van der Waals surface area contributed by atoms with E-state index < -0.39 is 11.9 Å². The molecule has 0 aromatic heterocycles. The standard InChI is InChI=1S/C24H30O4/c1-16(2)20-12-11-17(3)13-22(20)28-24(26)15-27-23(25)14-19-9-6-8-18-7-4-5-10-21(18)19/h4-10,16-17,20,22H,11-15H2,1-3H3/t17-,20-,22+/m1/s1. The lowest BCUT2D eigenvalue weighted by Gasteiger charge is -2.36. The van der Waals surface area contributed by atoms with Crippen LogP contribution in [0.5, 0.6) is 0 Å². The zero-order valence-electron chi connectivity index (χ0n) is 17.0. The van der Waals surface area contributed by atoms with Crippen LogP contribution in [0.3, 0.4) is 0 Å². The van der Waals surface area contributed by atoms with Gasteiger partial charge in [0.25, 0.3) is 0 Å². The second kappa shape index (κ2) is 9.22. The maximum atomic E-state index is 12.3. The van der Waals surface area contributed by atoms with Crippen LogP contribution in [0.25, 0.3) is 10.8 Å². The van der Waals surface area contributed by atoms with Gasteiger partial charge in [-0.2, -0.15) is 0 Å². The molecule has 0 heterocycles. The average Bonchev–Trinajstić information content (AvgIpc) is 2.66. The first-order valence-corrected chi connectivity index (χ1v) is 10.3. The Morgan fingerprint density at radius 1 is 1.04 bits per heavy atom. The molecule has 0 bridgehead atoms. The van der Waals surface area contributed by atoms with Crippen molar-refractivity contribution in [1.82, 2.24) is 0 Å². The molecule has 4 nitrogen and oxygen atoms in total. The van der Waals surface area contributed by atoms with Gasteiger partial charge >= 0.3 is 11.9 Å². The van der Waals surface area contributed by atoms with Crippen molar-refractivity contribution in [1.29, 1.82) is 0 Å². The topological polar surface area (TPSA) is 52.6 Å². The number of carbonyl (C=O) groups excluding carboxylic acids is 2. The minimum Gasteiger partial charge on any atom is -0.460 e. The van der Waals surface area contributed by atoms with Crippen LogP contribution in [-0.4, -0.2) is 24.6 Å². The normalized spacial score (nSPS) is 22.2. The molecule has 0 aliphatic heterocycles. The van der Waals surface area contributed by atoms with Crippen molar-refractivity contribution in [3.8, 4) is 0 Å². The van der Waals surface area contributed by atoms with Crippen LogP contribution in [0.15, 0.2) is 42.5 Å². The molecule has 0 radical (unpaired) electrons. The summed E-state index contributed by atoms with van der Waals surface area (Å²) in [6, 6.07) is 13.8. The van der Waals surface area contributed by atoms with E-state index in [4.69, 9.17) is 9.47 Å². The highest BCUT2D eigenvalue weighted by molar-refractivity contribution is 5.89. The molecule has 3 rings (SSSR count). The lowest BCUT2D eigenvalue weighted by atomic mass is 9.75. The first kappa shape index (κ1) is 20.4. The molecule has 1 saturated carbocycles. The van der Waals surface area contributed by atoms with Crippen molar-refractivity contribution in [3.63, 3.8) is 0 Å². The third-order valence-corrected chi connectivity index (χ3v) is 5.81. The fraction of sp³-hybridized carbons (Fsp3) is 0.500. The first-order chi connectivity index (χ1) is 13.4.